The molecular formula is C21H24F2N2O4. The highest BCUT2D eigenvalue weighted by molar-refractivity contribution is 6.01. The van der Waals surface area contributed by atoms with Gasteiger partial charge < -0.3 is 20.1 Å². The van der Waals surface area contributed by atoms with Crippen molar-refractivity contribution in [2.75, 3.05) is 11.9 Å². The summed E-state index contributed by atoms with van der Waals surface area (Å²) in [5.41, 5.74) is 0.674. The second-order valence-electron chi connectivity index (χ2n) is 6.55. The van der Waals surface area contributed by atoms with Gasteiger partial charge in [-0.15, -0.1) is 0 Å². The quantitative estimate of drug-likeness (QED) is 0.658. The number of carbonyl (C=O) groups is 2. The van der Waals surface area contributed by atoms with Crippen LogP contribution in [0.4, 0.5) is 14.5 Å². The molecule has 0 aliphatic carbocycles. The summed E-state index contributed by atoms with van der Waals surface area (Å²) in [6.07, 6.45) is 0. The van der Waals surface area contributed by atoms with Gasteiger partial charge in [-0.2, -0.15) is 8.78 Å². The smallest absolute Gasteiger partial charge is 0.387 e. The number of benzene rings is 2. The van der Waals surface area contributed by atoms with E-state index in [0.717, 1.165) is 0 Å². The zero-order valence-electron chi connectivity index (χ0n) is 16.4. The maximum Gasteiger partial charge on any atom is 0.387 e. The fraction of sp³-hybridized carbons (Fsp3) is 0.333. The van der Waals surface area contributed by atoms with E-state index in [0.29, 0.717) is 17.9 Å². The van der Waals surface area contributed by atoms with Crippen LogP contribution >= 0.6 is 0 Å². The van der Waals surface area contributed by atoms with Crippen LogP contribution in [-0.4, -0.2) is 31.1 Å². The summed E-state index contributed by atoms with van der Waals surface area (Å²) >= 11 is 0. The second-order valence-corrected chi connectivity index (χ2v) is 6.55. The van der Waals surface area contributed by atoms with Crippen LogP contribution in [0.3, 0.4) is 0 Å². The second kappa shape index (κ2) is 10.4. The van der Waals surface area contributed by atoms with Crippen molar-refractivity contribution >= 4 is 17.5 Å². The summed E-state index contributed by atoms with van der Waals surface area (Å²) in [4.78, 5) is 25.2. The van der Waals surface area contributed by atoms with Gasteiger partial charge in [-0.3, -0.25) is 9.59 Å². The summed E-state index contributed by atoms with van der Waals surface area (Å²) in [6.45, 7) is 3.00. The Morgan fingerprint density at radius 3 is 2.31 bits per heavy atom. The predicted octanol–water partition coefficient (Wildman–Crippen LogP) is 4.08. The maximum absolute atomic E-state index is 12.7. The number of rotatable bonds is 9. The van der Waals surface area contributed by atoms with Crippen molar-refractivity contribution in [3.8, 4) is 11.5 Å². The van der Waals surface area contributed by atoms with Crippen molar-refractivity contribution in [2.24, 2.45) is 5.92 Å². The van der Waals surface area contributed by atoms with E-state index in [1.165, 1.54) is 18.2 Å². The van der Waals surface area contributed by atoms with Gasteiger partial charge in [0.25, 0.3) is 5.91 Å². The number of anilines is 1. The molecule has 0 aliphatic heterocycles. The van der Waals surface area contributed by atoms with E-state index in [9.17, 15) is 18.4 Å². The number of hydrogen-bond acceptors (Lipinski definition) is 4. The van der Waals surface area contributed by atoms with Crippen LogP contribution in [0, 0.1) is 5.92 Å². The van der Waals surface area contributed by atoms with Crippen LogP contribution < -0.4 is 20.1 Å². The first kappa shape index (κ1) is 22.1. The third-order valence-electron chi connectivity index (χ3n) is 3.99. The molecule has 0 heterocycles. The van der Waals surface area contributed by atoms with E-state index in [2.05, 4.69) is 15.4 Å². The summed E-state index contributed by atoms with van der Waals surface area (Å²) < 4.78 is 34.4. The SMILES string of the molecule is CCOc1ccc(C(=O)NC(C(=O)Nc2cccc(OC(F)F)c2)C(C)C)cc1. The molecule has 0 spiro atoms. The molecular weight excluding hydrogens is 382 g/mol. The highest BCUT2D eigenvalue weighted by atomic mass is 19.3. The van der Waals surface area contributed by atoms with Crippen molar-refractivity contribution in [3.05, 3.63) is 54.1 Å². The Morgan fingerprint density at radius 1 is 1.03 bits per heavy atom. The van der Waals surface area contributed by atoms with Crippen molar-refractivity contribution in [1.29, 1.82) is 0 Å². The van der Waals surface area contributed by atoms with Gasteiger partial charge in [0.2, 0.25) is 5.91 Å². The Morgan fingerprint density at radius 2 is 1.72 bits per heavy atom. The highest BCUT2D eigenvalue weighted by Crippen LogP contribution is 2.20. The molecule has 0 aliphatic rings. The van der Waals surface area contributed by atoms with Crippen molar-refractivity contribution in [2.45, 2.75) is 33.4 Å². The lowest BCUT2D eigenvalue weighted by Gasteiger charge is -2.22. The first-order valence-electron chi connectivity index (χ1n) is 9.19. The molecule has 2 rings (SSSR count). The number of nitrogens with one attached hydrogen (secondary N) is 2. The maximum atomic E-state index is 12.7. The van der Waals surface area contributed by atoms with Crippen LogP contribution in [0.25, 0.3) is 0 Å². The summed E-state index contributed by atoms with van der Waals surface area (Å²) in [5.74, 6) is -0.502. The zero-order valence-corrected chi connectivity index (χ0v) is 16.4. The zero-order chi connectivity index (χ0) is 21.4. The van der Waals surface area contributed by atoms with Crippen molar-refractivity contribution in [3.63, 3.8) is 0 Å². The Balaban J connectivity index is 2.06. The molecule has 0 bridgehead atoms. The molecule has 2 aromatic carbocycles. The van der Waals surface area contributed by atoms with E-state index in [1.54, 1.807) is 44.2 Å². The first-order valence-corrected chi connectivity index (χ1v) is 9.19. The molecule has 0 aromatic heterocycles. The number of amides is 2. The summed E-state index contributed by atoms with van der Waals surface area (Å²) in [7, 11) is 0. The van der Waals surface area contributed by atoms with E-state index in [-0.39, 0.29) is 17.4 Å². The van der Waals surface area contributed by atoms with Crippen LogP contribution in [0.15, 0.2) is 48.5 Å². The van der Waals surface area contributed by atoms with E-state index < -0.39 is 24.5 Å². The Bertz CT molecular complexity index is 826. The summed E-state index contributed by atoms with van der Waals surface area (Å²) in [6, 6.07) is 11.4. The van der Waals surface area contributed by atoms with Crippen molar-refractivity contribution in [1.82, 2.24) is 5.32 Å². The van der Waals surface area contributed by atoms with E-state index in [4.69, 9.17) is 4.74 Å². The predicted molar refractivity (Wildman–Crippen MR) is 105 cm³/mol. The molecule has 2 aromatic rings. The normalized spacial score (nSPS) is 11.8. The van der Waals surface area contributed by atoms with Crippen LogP contribution in [0.2, 0.25) is 0 Å². The number of alkyl halides is 2. The van der Waals surface area contributed by atoms with Gasteiger partial charge in [0.15, 0.2) is 0 Å². The molecule has 1 atom stereocenters. The van der Waals surface area contributed by atoms with Gasteiger partial charge in [0.1, 0.15) is 17.5 Å². The Labute approximate surface area is 168 Å². The third kappa shape index (κ3) is 6.74. The first-order chi connectivity index (χ1) is 13.8. The standard InChI is InChI=1S/C21H24F2N2O4/c1-4-28-16-10-8-14(9-11-16)19(26)25-18(13(2)3)20(27)24-15-6-5-7-17(12-15)29-21(22)23/h5-13,18,21H,4H2,1-3H3,(H,24,27)(H,25,26). The summed E-state index contributed by atoms with van der Waals surface area (Å²) in [5, 5.41) is 5.33. The topological polar surface area (TPSA) is 76.7 Å². The number of ether oxygens (including phenoxy) is 2. The van der Waals surface area contributed by atoms with Gasteiger partial charge in [-0.1, -0.05) is 19.9 Å². The Hall–Kier alpha value is -3.16. The van der Waals surface area contributed by atoms with Crippen LogP contribution in [0.5, 0.6) is 11.5 Å². The molecule has 0 radical (unpaired) electrons. The van der Waals surface area contributed by atoms with Crippen LogP contribution in [0.1, 0.15) is 31.1 Å². The molecule has 6 nitrogen and oxygen atoms in total. The number of carbonyl (C=O) groups excluding carboxylic acids is 2. The monoisotopic (exact) mass is 406 g/mol. The molecule has 0 saturated heterocycles. The molecule has 0 fully saturated rings. The molecule has 8 heteroatoms. The van der Waals surface area contributed by atoms with Crippen molar-refractivity contribution < 1.29 is 27.8 Å². The van der Waals surface area contributed by atoms with Gasteiger partial charge in [-0.25, -0.2) is 0 Å². The Kier molecular flexibility index (Phi) is 7.94. The van der Waals surface area contributed by atoms with E-state index >= 15 is 0 Å². The van der Waals surface area contributed by atoms with Gasteiger partial charge in [0, 0.05) is 17.3 Å². The fourth-order valence-corrected chi connectivity index (χ4v) is 2.60. The molecule has 1 unspecified atom stereocenters. The van der Waals surface area contributed by atoms with E-state index in [1.807, 2.05) is 6.92 Å². The minimum atomic E-state index is -2.96. The number of hydrogen-bond donors (Lipinski definition) is 2. The lowest BCUT2D eigenvalue weighted by molar-refractivity contribution is -0.118. The average Bonchev–Trinajstić information content (AvgIpc) is 2.66. The largest absolute Gasteiger partial charge is 0.494 e. The highest BCUT2D eigenvalue weighted by Gasteiger charge is 2.25. The fourth-order valence-electron chi connectivity index (χ4n) is 2.60. The van der Waals surface area contributed by atoms with Gasteiger partial charge in [-0.05, 0) is 49.2 Å². The lowest BCUT2D eigenvalue weighted by atomic mass is 10.0. The van der Waals surface area contributed by atoms with Gasteiger partial charge >= 0.3 is 6.61 Å². The molecule has 2 N–H and O–H groups in total. The molecule has 29 heavy (non-hydrogen) atoms. The van der Waals surface area contributed by atoms with Crippen LogP contribution in [-0.2, 0) is 4.79 Å². The minimum Gasteiger partial charge on any atom is -0.494 e. The lowest BCUT2D eigenvalue weighted by Crippen LogP contribution is -2.47. The molecule has 0 saturated carbocycles. The average molecular weight is 406 g/mol. The molecule has 2 amide bonds. The van der Waals surface area contributed by atoms with Gasteiger partial charge in [0.05, 0.1) is 6.61 Å². The minimum absolute atomic E-state index is 0.0719. The third-order valence-corrected chi connectivity index (χ3v) is 3.99. The number of halogens is 2. The molecule has 156 valence electrons.